The van der Waals surface area contributed by atoms with Gasteiger partial charge in [-0.05, 0) is 24.1 Å². The van der Waals surface area contributed by atoms with Crippen LogP contribution in [0, 0.1) is 0 Å². The first-order valence-corrected chi connectivity index (χ1v) is 36.1. The summed E-state index contributed by atoms with van der Waals surface area (Å²) in [6.45, 7) is -7.76. The zero-order valence-electron chi connectivity index (χ0n) is 57.4. The van der Waals surface area contributed by atoms with Gasteiger partial charge < -0.3 is 184 Å². The lowest BCUT2D eigenvalue weighted by Gasteiger charge is -2.50. The van der Waals surface area contributed by atoms with E-state index in [0.29, 0.717) is 16.3 Å². The Balaban J connectivity index is 0.872. The fourth-order valence-electron chi connectivity index (χ4n) is 14.3. The molecule has 0 aromatic heterocycles. The number of rotatable bonds is 18. The Bertz CT molecular complexity index is 3430. The quantitative estimate of drug-likeness (QED) is 0.0526. The highest BCUT2D eigenvalue weighted by Gasteiger charge is 2.60. The second kappa shape index (κ2) is 36.2. The number of ether oxygens (including phenoxy) is 14. The minimum atomic E-state index is -4.19. The number of hydrogen-bond donors (Lipinski definition) is 23. The largest absolute Gasteiger partial charge is 0.394 e. The summed E-state index contributed by atoms with van der Waals surface area (Å²) in [5.41, 5.74) is 1.38. The maximum Gasteiger partial charge on any atom is 0.241 e. The molecule has 42 heteroatoms. The van der Waals surface area contributed by atoms with Crippen molar-refractivity contribution in [1.82, 2.24) is 15.4 Å². The number of nitrogens with zero attached hydrogens (tertiary/aromatic N) is 1. The van der Waals surface area contributed by atoms with E-state index in [4.69, 9.17) is 66.3 Å². The van der Waals surface area contributed by atoms with Gasteiger partial charge in [-0.25, -0.2) is 13.1 Å². The molecular formula is C65H96N4O37S. The Hall–Kier alpha value is -4.30. The Morgan fingerprint density at radius 2 is 0.673 bits per heavy atom. The topological polar surface area (TPSA) is 624 Å². The van der Waals surface area contributed by atoms with E-state index in [9.17, 15) is 115 Å². The highest BCUT2D eigenvalue weighted by atomic mass is 32.2. The van der Waals surface area contributed by atoms with Crippen LogP contribution in [0.2, 0.25) is 0 Å². The number of aliphatic hydroxyl groups is 20. The van der Waals surface area contributed by atoms with Gasteiger partial charge in [0.05, 0.1) is 50.6 Å². The molecule has 0 saturated carbocycles. The van der Waals surface area contributed by atoms with E-state index in [-0.39, 0.29) is 24.4 Å². The number of anilines is 1. The molecule has 21 aliphatic rings. The lowest BCUT2D eigenvalue weighted by atomic mass is 9.95. The van der Waals surface area contributed by atoms with Crippen molar-refractivity contribution in [2.24, 2.45) is 0 Å². The number of carbonyl (C=O) groups excluding carboxylic acids is 1. The number of sulfonamides is 1. The minimum absolute atomic E-state index is 0.0112. The van der Waals surface area contributed by atoms with Crippen molar-refractivity contribution in [3.8, 4) is 0 Å². The van der Waals surface area contributed by atoms with Crippen molar-refractivity contribution in [2.45, 2.75) is 232 Å². The molecule has 14 bridgehead atoms. The molecule has 21 fully saturated rings. The molecular weight excluding hydrogens is 1460 g/mol. The Morgan fingerprint density at radius 3 is 0.991 bits per heavy atom. The first kappa shape index (κ1) is 83.6. The van der Waals surface area contributed by atoms with Crippen molar-refractivity contribution in [2.75, 3.05) is 78.3 Å². The maximum absolute atomic E-state index is 14.7. The van der Waals surface area contributed by atoms with Gasteiger partial charge in [-0.15, -0.1) is 0 Å². The van der Waals surface area contributed by atoms with Gasteiger partial charge in [0, 0.05) is 50.2 Å². The molecule has 107 heavy (non-hydrogen) atoms. The number of amides is 1. The number of benzene rings is 3. The van der Waals surface area contributed by atoms with Crippen molar-refractivity contribution < 1.29 is 182 Å². The molecule has 3 aromatic rings. The van der Waals surface area contributed by atoms with E-state index in [1.165, 1.54) is 6.07 Å². The van der Waals surface area contributed by atoms with E-state index in [1.807, 2.05) is 25.1 Å². The first-order chi connectivity index (χ1) is 51.1. The summed E-state index contributed by atoms with van der Waals surface area (Å²) in [6, 6.07) is 17.4. The van der Waals surface area contributed by atoms with Crippen LogP contribution in [0.25, 0.3) is 10.8 Å². The lowest BCUT2D eigenvalue weighted by Crippen LogP contribution is -2.68. The fraction of sp³-hybridized carbons (Fsp3) is 0.738. The summed E-state index contributed by atoms with van der Waals surface area (Å²) >= 11 is 0. The van der Waals surface area contributed by atoms with Crippen LogP contribution in [0.3, 0.4) is 0 Å². The fourth-order valence-corrected chi connectivity index (χ4v) is 15.5. The van der Waals surface area contributed by atoms with Crippen LogP contribution < -0.4 is 20.3 Å². The van der Waals surface area contributed by atoms with E-state index >= 15 is 0 Å². The van der Waals surface area contributed by atoms with Crippen molar-refractivity contribution in [3.05, 3.63) is 72.3 Å². The SMILES string of the molecule is CN(C)c1cccc2c(S(=O)(=O)NCCNC(Cc3ccccc3)C(=O)NCC3OC4OC5C(CO)OC(OC6C(CO)OC(OC7C(CO)OC(OC8C(CO)OC(OC9C(CO)OC(OC%10C(CO)OC(OC3C(O)C4O)C(O)C%10O)C(O)C9O)C(O)C8O)C(O)C7O)C(O)C6O)C(O)C5O)cccc12. The van der Waals surface area contributed by atoms with Crippen molar-refractivity contribution in [3.63, 3.8) is 0 Å². The number of aliphatic hydroxyl groups excluding tert-OH is 20. The molecule has 604 valence electrons. The number of fused-ring (bicyclic) bond motifs is 1. The zero-order valence-corrected chi connectivity index (χ0v) is 58.3. The van der Waals surface area contributed by atoms with Gasteiger partial charge in [-0.1, -0.05) is 54.6 Å². The molecule has 23 N–H and O–H groups in total. The molecule has 1 amide bonds. The smallest absolute Gasteiger partial charge is 0.241 e. The summed E-state index contributed by atoms with van der Waals surface area (Å²) in [4.78, 5) is 16.5. The van der Waals surface area contributed by atoms with Gasteiger partial charge in [0.25, 0.3) is 0 Å². The number of carbonyl (C=O) groups is 1. The van der Waals surface area contributed by atoms with E-state index < -0.39 is 283 Å². The molecule has 21 aliphatic heterocycles. The maximum atomic E-state index is 14.7. The minimum Gasteiger partial charge on any atom is -0.394 e. The van der Waals surface area contributed by atoms with Crippen LogP contribution in [0.15, 0.2) is 71.6 Å². The molecule has 21 heterocycles. The Kier molecular flexibility index (Phi) is 28.3. The molecule has 36 atom stereocenters. The summed E-state index contributed by atoms with van der Waals surface area (Å²) in [5, 5.41) is 234. The Labute approximate surface area is 610 Å². The molecule has 24 rings (SSSR count). The highest BCUT2D eigenvalue weighted by Crippen LogP contribution is 2.40. The van der Waals surface area contributed by atoms with Crippen LogP contribution in [-0.2, 0) is 87.6 Å². The van der Waals surface area contributed by atoms with Crippen LogP contribution in [0.1, 0.15) is 5.56 Å². The second-order valence-electron chi connectivity index (χ2n) is 27.3. The number of hydrogen-bond acceptors (Lipinski definition) is 39. The third-order valence-electron chi connectivity index (χ3n) is 20.1. The highest BCUT2D eigenvalue weighted by molar-refractivity contribution is 7.89. The summed E-state index contributed by atoms with van der Waals surface area (Å²) in [7, 11) is -0.558. The molecule has 3 aromatic carbocycles. The number of nitrogens with one attached hydrogen (secondary N) is 3. The second-order valence-corrected chi connectivity index (χ2v) is 29.1. The summed E-state index contributed by atoms with van der Waals surface area (Å²) in [6.07, 6.45) is -73.1. The molecule has 21 saturated heterocycles. The van der Waals surface area contributed by atoms with Crippen LogP contribution in [0.4, 0.5) is 5.69 Å². The third-order valence-corrected chi connectivity index (χ3v) is 21.6. The van der Waals surface area contributed by atoms with Crippen molar-refractivity contribution in [1.29, 1.82) is 0 Å². The van der Waals surface area contributed by atoms with Crippen LogP contribution >= 0.6 is 0 Å². The third kappa shape index (κ3) is 17.7. The monoisotopic (exact) mass is 1560 g/mol. The molecule has 0 spiro atoms. The normalized spacial score (nSPS) is 43.5. The molecule has 41 nitrogen and oxygen atoms in total. The van der Waals surface area contributed by atoms with Gasteiger partial charge in [0.1, 0.15) is 171 Å². The zero-order chi connectivity index (χ0) is 77.2. The predicted octanol–water partition coefficient (Wildman–Crippen LogP) is -12.7. The van der Waals surface area contributed by atoms with Gasteiger partial charge in [0.2, 0.25) is 15.9 Å². The first-order valence-electron chi connectivity index (χ1n) is 34.7. The molecule has 0 radical (unpaired) electrons. The lowest BCUT2D eigenvalue weighted by molar-refractivity contribution is -0.396. The average Bonchev–Trinajstić information content (AvgIpc) is 0.807. The average molecular weight is 1560 g/mol. The standard InChI is InChI=1S/C65H96N4O37S/c1-69(2)28-12-6-11-26-25(28)10-7-13-36(26)107(91,92)68-15-14-66-27(16-24-8-4-3-5-9-24)58(90)67-17-29-51-37(76)44(83)59(93-29)101-52-30(18-70)95-61(46(85)39(52)78)103-54-32(20-72)97-63(48(87)41(54)80)105-56-34(22-74)99-65(50(89)43(56)82)106-57-35(23-75)98-64(49(88)42(57)81)104-55-33(21-73)96-62(47(86)40(55)79)102-53-31(19-71)94-60(100-51)45(84)38(53)77/h3-13,27,29-35,37-57,59-66,68,70-89H,14-23H2,1-2H3,(H,67,90). The Morgan fingerprint density at radius 1 is 0.374 bits per heavy atom. The van der Waals surface area contributed by atoms with E-state index in [1.54, 1.807) is 54.6 Å². The molecule has 0 aliphatic carbocycles. The van der Waals surface area contributed by atoms with Crippen LogP contribution in [-0.4, -0.2) is 411 Å². The van der Waals surface area contributed by atoms with Gasteiger partial charge >= 0.3 is 0 Å². The summed E-state index contributed by atoms with van der Waals surface area (Å²) in [5.74, 6) is -0.808. The van der Waals surface area contributed by atoms with Crippen LogP contribution in [0.5, 0.6) is 0 Å². The summed E-state index contributed by atoms with van der Waals surface area (Å²) < 4.78 is 112. The van der Waals surface area contributed by atoms with Crippen molar-refractivity contribution >= 4 is 32.4 Å². The molecule has 36 unspecified atom stereocenters. The van der Waals surface area contributed by atoms with Gasteiger partial charge in [-0.3, -0.25) is 4.79 Å². The predicted molar refractivity (Wildman–Crippen MR) is 350 cm³/mol. The van der Waals surface area contributed by atoms with E-state index in [2.05, 4.69) is 15.4 Å². The van der Waals surface area contributed by atoms with E-state index in [0.717, 1.165) is 5.69 Å². The van der Waals surface area contributed by atoms with Gasteiger partial charge in [0.15, 0.2) is 44.0 Å². The van der Waals surface area contributed by atoms with Gasteiger partial charge in [-0.2, -0.15) is 0 Å².